The highest BCUT2D eigenvalue weighted by Crippen LogP contribution is 2.28. The van der Waals surface area contributed by atoms with Crippen LogP contribution in [0.2, 0.25) is 0 Å². The van der Waals surface area contributed by atoms with Crippen molar-refractivity contribution in [1.82, 2.24) is 5.32 Å². The monoisotopic (exact) mass is 461 g/mol. The Bertz CT molecular complexity index is 865. The fourth-order valence-corrected chi connectivity index (χ4v) is 4.19. The molecule has 2 aromatic rings. The number of amides is 1. The number of piperidine rings is 1. The average Bonchev–Trinajstić information content (AvgIpc) is 2.68. The molecule has 0 bridgehead atoms. The lowest BCUT2D eigenvalue weighted by Crippen LogP contribution is -2.34. The van der Waals surface area contributed by atoms with Gasteiger partial charge in [0.15, 0.2) is 5.11 Å². The van der Waals surface area contributed by atoms with Crippen LogP contribution in [0.4, 0.5) is 11.4 Å². The first-order valence-electron chi connectivity index (χ1n) is 9.29. The van der Waals surface area contributed by atoms with Gasteiger partial charge in [-0.1, -0.05) is 15.9 Å². The third-order valence-electron chi connectivity index (χ3n) is 4.76. The molecule has 5 nitrogen and oxygen atoms in total. The van der Waals surface area contributed by atoms with Crippen molar-refractivity contribution in [2.45, 2.75) is 26.2 Å². The summed E-state index contributed by atoms with van der Waals surface area (Å²) in [5, 5.41) is 6.04. The van der Waals surface area contributed by atoms with Crippen LogP contribution in [0.1, 0.15) is 35.2 Å². The number of benzene rings is 2. The summed E-state index contributed by atoms with van der Waals surface area (Å²) < 4.78 is 6.18. The number of hydrogen-bond acceptors (Lipinski definition) is 4. The van der Waals surface area contributed by atoms with Crippen LogP contribution in [0.15, 0.2) is 40.9 Å². The summed E-state index contributed by atoms with van der Waals surface area (Å²) >= 11 is 8.73. The number of aryl methyl sites for hydroxylation is 1. The Kier molecular flexibility index (Phi) is 6.91. The first-order chi connectivity index (χ1) is 13.5. The van der Waals surface area contributed by atoms with Crippen LogP contribution in [0.25, 0.3) is 0 Å². The summed E-state index contributed by atoms with van der Waals surface area (Å²) in [7, 11) is 1.55. The van der Waals surface area contributed by atoms with Gasteiger partial charge in [-0.05, 0) is 80.4 Å². The van der Waals surface area contributed by atoms with Crippen LogP contribution in [0.5, 0.6) is 5.75 Å². The first-order valence-corrected chi connectivity index (χ1v) is 10.5. The van der Waals surface area contributed by atoms with E-state index in [2.05, 4.69) is 43.6 Å². The maximum Gasteiger partial charge on any atom is 0.261 e. The third kappa shape index (κ3) is 5.02. The molecule has 0 spiro atoms. The Labute approximate surface area is 179 Å². The van der Waals surface area contributed by atoms with Crippen LogP contribution in [0.3, 0.4) is 0 Å². The second-order valence-electron chi connectivity index (χ2n) is 6.81. The molecule has 1 aliphatic heterocycles. The molecule has 3 rings (SSSR count). The zero-order chi connectivity index (χ0) is 20.1. The zero-order valence-electron chi connectivity index (χ0n) is 16.0. The predicted molar refractivity (Wildman–Crippen MR) is 122 cm³/mol. The van der Waals surface area contributed by atoms with Gasteiger partial charge in [-0.15, -0.1) is 0 Å². The summed E-state index contributed by atoms with van der Waals surface area (Å²) in [5.74, 6) is 0.220. The first kappa shape index (κ1) is 20.6. The van der Waals surface area contributed by atoms with Crippen LogP contribution in [-0.4, -0.2) is 31.2 Å². The molecular formula is C21H24BrN3O2S. The Morgan fingerprint density at radius 1 is 1.14 bits per heavy atom. The number of hydrogen-bond donors (Lipinski definition) is 2. The third-order valence-corrected chi connectivity index (χ3v) is 5.42. The van der Waals surface area contributed by atoms with Gasteiger partial charge in [0.05, 0.1) is 12.7 Å². The molecule has 2 N–H and O–H groups in total. The molecule has 1 amide bonds. The minimum Gasteiger partial charge on any atom is -0.496 e. The highest BCUT2D eigenvalue weighted by molar-refractivity contribution is 9.10. The molecule has 7 heteroatoms. The lowest BCUT2D eigenvalue weighted by Gasteiger charge is -2.28. The minimum absolute atomic E-state index is 0.246. The molecule has 1 saturated heterocycles. The van der Waals surface area contributed by atoms with Crippen molar-refractivity contribution in [3.63, 3.8) is 0 Å². The molecule has 148 valence electrons. The molecule has 1 aliphatic rings. The molecule has 0 saturated carbocycles. The lowest BCUT2D eigenvalue weighted by atomic mass is 10.1. The van der Waals surface area contributed by atoms with Crippen LogP contribution < -0.4 is 20.3 Å². The van der Waals surface area contributed by atoms with Gasteiger partial charge < -0.3 is 15.0 Å². The van der Waals surface area contributed by atoms with E-state index in [9.17, 15) is 4.79 Å². The van der Waals surface area contributed by atoms with E-state index in [4.69, 9.17) is 17.0 Å². The lowest BCUT2D eigenvalue weighted by molar-refractivity contribution is 0.0974. The maximum absolute atomic E-state index is 12.6. The number of carbonyl (C=O) groups is 1. The molecule has 0 unspecified atom stereocenters. The largest absolute Gasteiger partial charge is 0.496 e. The fraction of sp³-hybridized carbons (Fsp3) is 0.333. The number of ether oxygens (including phenoxy) is 1. The Hall–Kier alpha value is -2.12. The van der Waals surface area contributed by atoms with E-state index in [-0.39, 0.29) is 11.0 Å². The zero-order valence-corrected chi connectivity index (χ0v) is 18.5. The molecule has 1 heterocycles. The quantitative estimate of drug-likeness (QED) is 0.635. The number of thiocarbonyl (C=S) groups is 1. The van der Waals surface area contributed by atoms with Crippen molar-refractivity contribution in [1.29, 1.82) is 0 Å². The molecule has 0 atom stereocenters. The smallest absolute Gasteiger partial charge is 0.261 e. The van der Waals surface area contributed by atoms with Gasteiger partial charge in [-0.25, -0.2) is 0 Å². The van der Waals surface area contributed by atoms with Gasteiger partial charge >= 0.3 is 0 Å². The average molecular weight is 462 g/mol. The predicted octanol–water partition coefficient (Wildman–Crippen LogP) is 4.88. The molecular weight excluding hydrogens is 438 g/mol. The molecule has 28 heavy (non-hydrogen) atoms. The van der Waals surface area contributed by atoms with Crippen LogP contribution >= 0.6 is 28.1 Å². The summed E-state index contributed by atoms with van der Waals surface area (Å²) in [6.07, 6.45) is 3.80. The van der Waals surface area contributed by atoms with Gasteiger partial charge in [0.2, 0.25) is 0 Å². The van der Waals surface area contributed by atoms with E-state index in [1.165, 1.54) is 24.9 Å². The van der Waals surface area contributed by atoms with Crippen molar-refractivity contribution >= 4 is 50.5 Å². The Morgan fingerprint density at radius 3 is 2.46 bits per heavy atom. The van der Waals surface area contributed by atoms with Gasteiger partial charge in [-0.2, -0.15) is 0 Å². The van der Waals surface area contributed by atoms with E-state index in [1.54, 1.807) is 13.2 Å². The molecule has 0 radical (unpaired) electrons. The Morgan fingerprint density at radius 2 is 1.82 bits per heavy atom. The maximum atomic E-state index is 12.6. The van der Waals surface area contributed by atoms with E-state index in [1.807, 2.05) is 25.1 Å². The van der Waals surface area contributed by atoms with Crippen LogP contribution in [0, 0.1) is 6.92 Å². The molecule has 1 fully saturated rings. The number of nitrogens with one attached hydrogen (secondary N) is 2. The highest BCUT2D eigenvalue weighted by Gasteiger charge is 2.17. The van der Waals surface area contributed by atoms with Crippen molar-refractivity contribution in [2.75, 3.05) is 30.4 Å². The van der Waals surface area contributed by atoms with Crippen LogP contribution in [-0.2, 0) is 0 Å². The van der Waals surface area contributed by atoms with E-state index in [0.29, 0.717) is 11.3 Å². The number of halogens is 1. The Balaban J connectivity index is 1.63. The fourth-order valence-electron chi connectivity index (χ4n) is 3.41. The van der Waals surface area contributed by atoms with E-state index < -0.39 is 0 Å². The summed E-state index contributed by atoms with van der Waals surface area (Å²) in [6.45, 7) is 4.10. The number of nitrogens with zero attached hydrogens (tertiary/aromatic N) is 1. The van der Waals surface area contributed by atoms with Crippen molar-refractivity contribution in [3.8, 4) is 5.75 Å². The number of carbonyl (C=O) groups excluding carboxylic acids is 1. The summed E-state index contributed by atoms with van der Waals surface area (Å²) in [5.41, 5.74) is 3.35. The second-order valence-corrected chi connectivity index (χ2v) is 8.13. The summed E-state index contributed by atoms with van der Waals surface area (Å²) in [6, 6.07) is 11.7. The van der Waals surface area contributed by atoms with E-state index >= 15 is 0 Å². The molecule has 0 aliphatic carbocycles. The van der Waals surface area contributed by atoms with Crippen molar-refractivity contribution in [3.05, 3.63) is 52.0 Å². The number of rotatable bonds is 4. The topological polar surface area (TPSA) is 53.6 Å². The highest BCUT2D eigenvalue weighted by atomic mass is 79.9. The number of methoxy groups -OCH3 is 1. The summed E-state index contributed by atoms with van der Waals surface area (Å²) in [4.78, 5) is 15.0. The normalized spacial score (nSPS) is 13.8. The second kappa shape index (κ2) is 9.39. The molecule has 0 aromatic heterocycles. The van der Waals surface area contributed by atoms with Gasteiger partial charge in [0.25, 0.3) is 5.91 Å². The van der Waals surface area contributed by atoms with Gasteiger partial charge in [-0.3, -0.25) is 10.1 Å². The number of anilines is 2. The van der Waals surface area contributed by atoms with Gasteiger partial charge in [0, 0.05) is 28.9 Å². The minimum atomic E-state index is -0.316. The van der Waals surface area contributed by atoms with Crippen molar-refractivity contribution < 1.29 is 9.53 Å². The molecule has 2 aromatic carbocycles. The SMILES string of the molecule is COc1c(C)cc(Br)cc1C(=O)NC(=S)Nc1ccc(N2CCCCC2)cc1. The van der Waals surface area contributed by atoms with Crippen molar-refractivity contribution in [2.24, 2.45) is 0 Å². The standard InChI is InChI=1S/C21H24BrN3O2S/c1-14-12-15(22)13-18(19(14)27-2)20(26)24-21(28)23-16-6-8-17(9-7-16)25-10-4-3-5-11-25/h6-9,12-13H,3-5,10-11H2,1-2H3,(H2,23,24,26,28). The van der Waals surface area contributed by atoms with Gasteiger partial charge in [0.1, 0.15) is 5.75 Å². The van der Waals surface area contributed by atoms with E-state index in [0.717, 1.165) is 28.8 Å².